The van der Waals surface area contributed by atoms with Crippen LogP contribution in [0.5, 0.6) is 0 Å². The Balaban J connectivity index is 1.94. The second-order valence-corrected chi connectivity index (χ2v) is 4.21. The third kappa shape index (κ3) is 5.50. The Labute approximate surface area is 93.5 Å². The summed E-state index contributed by atoms with van der Waals surface area (Å²) < 4.78 is 10.6. The van der Waals surface area contributed by atoms with Crippen LogP contribution in [0.15, 0.2) is 0 Å². The van der Waals surface area contributed by atoms with E-state index >= 15 is 0 Å². The van der Waals surface area contributed by atoms with Gasteiger partial charge >= 0.3 is 0 Å². The fraction of sp³-hybridized carbons (Fsp3) is 1.00. The highest BCUT2D eigenvalue weighted by molar-refractivity contribution is 4.77. The second kappa shape index (κ2) is 8.08. The maximum atomic E-state index is 5.35. The van der Waals surface area contributed by atoms with Crippen LogP contribution in [0.3, 0.4) is 0 Å². The van der Waals surface area contributed by atoms with Crippen molar-refractivity contribution in [1.82, 2.24) is 5.32 Å². The molecule has 1 saturated carbocycles. The molecule has 0 heterocycles. The van der Waals surface area contributed by atoms with E-state index in [1.807, 2.05) is 14.0 Å². The summed E-state index contributed by atoms with van der Waals surface area (Å²) in [5.74, 6) is 0. The van der Waals surface area contributed by atoms with E-state index in [4.69, 9.17) is 9.47 Å². The zero-order chi connectivity index (χ0) is 10.9. The average molecular weight is 215 g/mol. The van der Waals surface area contributed by atoms with Gasteiger partial charge in [-0.3, -0.25) is 0 Å². The molecular formula is C12H25NO2. The van der Waals surface area contributed by atoms with E-state index in [1.165, 1.54) is 25.7 Å². The number of ether oxygens (including phenoxy) is 2. The highest BCUT2D eigenvalue weighted by atomic mass is 16.5. The van der Waals surface area contributed by atoms with Crippen molar-refractivity contribution in [2.24, 2.45) is 0 Å². The lowest BCUT2D eigenvalue weighted by atomic mass is 9.93. The molecule has 0 spiro atoms. The fourth-order valence-electron chi connectivity index (χ4n) is 2.13. The van der Waals surface area contributed by atoms with Crippen LogP contribution in [-0.4, -0.2) is 39.0 Å². The fourth-order valence-corrected chi connectivity index (χ4v) is 2.13. The van der Waals surface area contributed by atoms with Crippen LogP contribution >= 0.6 is 0 Å². The van der Waals surface area contributed by atoms with Crippen LogP contribution in [0, 0.1) is 0 Å². The Morgan fingerprint density at radius 2 is 1.93 bits per heavy atom. The molecule has 1 fully saturated rings. The molecule has 0 unspecified atom stereocenters. The molecule has 15 heavy (non-hydrogen) atoms. The molecule has 90 valence electrons. The number of methoxy groups -OCH3 is 1. The largest absolute Gasteiger partial charge is 0.382 e. The van der Waals surface area contributed by atoms with Gasteiger partial charge < -0.3 is 14.8 Å². The zero-order valence-corrected chi connectivity index (χ0v) is 10.1. The van der Waals surface area contributed by atoms with Crippen LogP contribution in [0.4, 0.5) is 0 Å². The van der Waals surface area contributed by atoms with Gasteiger partial charge in [0.2, 0.25) is 0 Å². The van der Waals surface area contributed by atoms with Crippen molar-refractivity contribution in [1.29, 1.82) is 0 Å². The maximum absolute atomic E-state index is 5.35. The number of hydrogen-bond donors (Lipinski definition) is 1. The van der Waals surface area contributed by atoms with Crippen LogP contribution in [0.2, 0.25) is 0 Å². The Bertz CT molecular complexity index is 145. The molecule has 0 radical (unpaired) electrons. The van der Waals surface area contributed by atoms with Crippen molar-refractivity contribution in [3.05, 3.63) is 0 Å². The summed E-state index contributed by atoms with van der Waals surface area (Å²) in [4.78, 5) is 0. The molecule has 1 aliphatic rings. The minimum atomic E-state index is 0.506. The van der Waals surface area contributed by atoms with Crippen LogP contribution in [0.1, 0.15) is 39.0 Å². The Kier molecular flexibility index (Phi) is 6.98. The molecule has 0 aliphatic heterocycles. The summed E-state index contributed by atoms with van der Waals surface area (Å²) in [5, 5.41) is 3.59. The van der Waals surface area contributed by atoms with Crippen molar-refractivity contribution < 1.29 is 9.47 Å². The monoisotopic (exact) mass is 215 g/mol. The Morgan fingerprint density at radius 3 is 2.53 bits per heavy atom. The predicted molar refractivity (Wildman–Crippen MR) is 62.2 cm³/mol. The molecule has 1 aliphatic carbocycles. The first kappa shape index (κ1) is 12.9. The molecule has 1 rings (SSSR count). The maximum Gasteiger partial charge on any atom is 0.0572 e. The average Bonchev–Trinajstić information content (AvgIpc) is 2.30. The van der Waals surface area contributed by atoms with Gasteiger partial charge in [-0.15, -0.1) is 0 Å². The molecule has 3 heteroatoms. The van der Waals surface area contributed by atoms with E-state index in [1.54, 1.807) is 0 Å². The van der Waals surface area contributed by atoms with Gasteiger partial charge in [-0.1, -0.05) is 0 Å². The molecule has 0 aromatic carbocycles. The number of hydrogen-bond acceptors (Lipinski definition) is 3. The standard InChI is InChI=1S/C12H25NO2/c1-3-15-10-4-9-13-11-5-7-12(14-2)8-6-11/h11-13H,3-10H2,1-2H3. The van der Waals surface area contributed by atoms with Gasteiger partial charge in [0, 0.05) is 26.4 Å². The topological polar surface area (TPSA) is 30.5 Å². The van der Waals surface area contributed by atoms with E-state index < -0.39 is 0 Å². The second-order valence-electron chi connectivity index (χ2n) is 4.21. The Hall–Kier alpha value is -0.120. The highest BCUT2D eigenvalue weighted by Crippen LogP contribution is 2.20. The molecule has 1 N–H and O–H groups in total. The van der Waals surface area contributed by atoms with E-state index in [0.29, 0.717) is 12.1 Å². The quantitative estimate of drug-likeness (QED) is 0.659. The zero-order valence-electron chi connectivity index (χ0n) is 10.1. The summed E-state index contributed by atoms with van der Waals surface area (Å²) in [6.45, 7) is 4.84. The lowest BCUT2D eigenvalue weighted by Crippen LogP contribution is -2.35. The van der Waals surface area contributed by atoms with Crippen LogP contribution in [0.25, 0.3) is 0 Å². The van der Waals surface area contributed by atoms with Gasteiger partial charge in [0.15, 0.2) is 0 Å². The van der Waals surface area contributed by atoms with Gasteiger partial charge in [-0.05, 0) is 45.6 Å². The van der Waals surface area contributed by atoms with Crippen molar-refractivity contribution in [2.45, 2.75) is 51.2 Å². The van der Waals surface area contributed by atoms with Crippen molar-refractivity contribution in [2.75, 3.05) is 26.9 Å². The normalized spacial score (nSPS) is 26.8. The molecule has 0 aromatic heterocycles. The summed E-state index contributed by atoms with van der Waals surface area (Å²) in [5.41, 5.74) is 0. The number of rotatable bonds is 7. The SMILES string of the molecule is CCOCCCNC1CCC(OC)CC1. The third-order valence-electron chi connectivity index (χ3n) is 3.11. The molecule has 0 aromatic rings. The summed E-state index contributed by atoms with van der Waals surface area (Å²) in [6, 6.07) is 0.707. The lowest BCUT2D eigenvalue weighted by Gasteiger charge is -2.28. The molecule has 0 atom stereocenters. The summed E-state index contributed by atoms with van der Waals surface area (Å²) in [7, 11) is 1.82. The van der Waals surface area contributed by atoms with Gasteiger partial charge in [-0.25, -0.2) is 0 Å². The van der Waals surface area contributed by atoms with Gasteiger partial charge in [0.05, 0.1) is 6.10 Å². The van der Waals surface area contributed by atoms with E-state index in [2.05, 4.69) is 5.32 Å². The smallest absolute Gasteiger partial charge is 0.0572 e. The minimum absolute atomic E-state index is 0.506. The van der Waals surface area contributed by atoms with Crippen molar-refractivity contribution in [3.8, 4) is 0 Å². The van der Waals surface area contributed by atoms with Gasteiger partial charge in [0.25, 0.3) is 0 Å². The van der Waals surface area contributed by atoms with Crippen molar-refractivity contribution >= 4 is 0 Å². The first-order chi connectivity index (χ1) is 7.36. The number of nitrogens with one attached hydrogen (secondary N) is 1. The summed E-state index contributed by atoms with van der Waals surface area (Å²) >= 11 is 0. The molecule has 0 saturated heterocycles. The molecule has 0 bridgehead atoms. The first-order valence-corrected chi connectivity index (χ1v) is 6.20. The summed E-state index contributed by atoms with van der Waals surface area (Å²) in [6.07, 6.45) is 6.56. The van der Waals surface area contributed by atoms with Crippen LogP contribution in [-0.2, 0) is 9.47 Å². The van der Waals surface area contributed by atoms with Gasteiger partial charge in [0.1, 0.15) is 0 Å². The first-order valence-electron chi connectivity index (χ1n) is 6.20. The van der Waals surface area contributed by atoms with Gasteiger partial charge in [-0.2, -0.15) is 0 Å². The van der Waals surface area contributed by atoms with E-state index in [-0.39, 0.29) is 0 Å². The molecule has 0 amide bonds. The third-order valence-corrected chi connectivity index (χ3v) is 3.11. The highest BCUT2D eigenvalue weighted by Gasteiger charge is 2.19. The van der Waals surface area contributed by atoms with E-state index in [9.17, 15) is 0 Å². The Morgan fingerprint density at radius 1 is 1.20 bits per heavy atom. The predicted octanol–water partition coefficient (Wildman–Crippen LogP) is 1.96. The van der Waals surface area contributed by atoms with Crippen molar-refractivity contribution in [3.63, 3.8) is 0 Å². The van der Waals surface area contributed by atoms with Crippen LogP contribution < -0.4 is 5.32 Å². The molecular weight excluding hydrogens is 190 g/mol. The molecule has 3 nitrogen and oxygen atoms in total. The lowest BCUT2D eigenvalue weighted by molar-refractivity contribution is 0.0621. The van der Waals surface area contributed by atoms with E-state index in [0.717, 1.165) is 26.2 Å². The minimum Gasteiger partial charge on any atom is -0.382 e.